The first-order valence-corrected chi connectivity index (χ1v) is 9.92. The molecule has 8 nitrogen and oxygen atoms in total. The van der Waals surface area contributed by atoms with Crippen LogP contribution in [0.1, 0.15) is 25.6 Å². The molecule has 0 saturated heterocycles. The maximum absolute atomic E-state index is 12.8. The third-order valence-electron chi connectivity index (χ3n) is 4.99. The normalized spacial score (nSPS) is 11.3. The van der Waals surface area contributed by atoms with Crippen LogP contribution in [0.15, 0.2) is 53.5 Å². The standard InChI is InChI=1S/C21H24N6O2/c1-2-13-25-16-7-3-4-8-17(16)26(21(25)29)15-11-20(28)22-12-10-19-24-23-18-9-5-6-14-27(18)19/h3-9,14H,2,10-13,15H2,1H3,(H,22,28). The molecule has 4 rings (SSSR count). The number of hydrogen-bond donors (Lipinski definition) is 1. The zero-order chi connectivity index (χ0) is 20.2. The van der Waals surface area contributed by atoms with Gasteiger partial charge in [0.15, 0.2) is 5.65 Å². The van der Waals surface area contributed by atoms with Gasteiger partial charge in [-0.15, -0.1) is 10.2 Å². The molecule has 1 amide bonds. The fourth-order valence-corrected chi connectivity index (χ4v) is 3.61. The number of benzene rings is 1. The van der Waals surface area contributed by atoms with Gasteiger partial charge >= 0.3 is 5.69 Å². The van der Waals surface area contributed by atoms with Gasteiger partial charge in [-0.3, -0.25) is 18.3 Å². The highest BCUT2D eigenvalue weighted by Crippen LogP contribution is 2.13. The van der Waals surface area contributed by atoms with Crippen molar-refractivity contribution in [3.05, 3.63) is 65.0 Å². The molecule has 0 aliphatic heterocycles. The minimum Gasteiger partial charge on any atom is -0.356 e. The maximum Gasteiger partial charge on any atom is 0.329 e. The smallest absolute Gasteiger partial charge is 0.329 e. The number of aromatic nitrogens is 5. The third kappa shape index (κ3) is 3.78. The van der Waals surface area contributed by atoms with E-state index in [1.54, 1.807) is 9.13 Å². The molecule has 0 unspecified atom stereocenters. The van der Waals surface area contributed by atoms with Gasteiger partial charge in [0.2, 0.25) is 5.91 Å². The summed E-state index contributed by atoms with van der Waals surface area (Å²) in [6, 6.07) is 13.4. The molecule has 0 aliphatic carbocycles. The number of nitrogens with one attached hydrogen (secondary N) is 1. The number of rotatable bonds is 8. The highest BCUT2D eigenvalue weighted by molar-refractivity contribution is 5.78. The van der Waals surface area contributed by atoms with E-state index >= 15 is 0 Å². The van der Waals surface area contributed by atoms with Gasteiger partial charge in [0.1, 0.15) is 5.82 Å². The molecular formula is C21H24N6O2. The van der Waals surface area contributed by atoms with Crippen molar-refractivity contribution in [3.63, 3.8) is 0 Å². The number of pyridine rings is 1. The minimum absolute atomic E-state index is 0.0595. The van der Waals surface area contributed by atoms with E-state index in [-0.39, 0.29) is 18.0 Å². The van der Waals surface area contributed by atoms with Gasteiger partial charge in [0, 0.05) is 38.7 Å². The van der Waals surface area contributed by atoms with Gasteiger partial charge in [-0.2, -0.15) is 0 Å². The number of imidazole rings is 1. The van der Waals surface area contributed by atoms with E-state index < -0.39 is 0 Å². The lowest BCUT2D eigenvalue weighted by molar-refractivity contribution is -0.121. The molecule has 29 heavy (non-hydrogen) atoms. The molecule has 0 fully saturated rings. The number of hydrogen-bond acceptors (Lipinski definition) is 4. The molecule has 0 bridgehead atoms. The van der Waals surface area contributed by atoms with Crippen LogP contribution in [0.2, 0.25) is 0 Å². The summed E-state index contributed by atoms with van der Waals surface area (Å²) in [5.74, 6) is 0.720. The van der Waals surface area contributed by atoms with Gasteiger partial charge in [-0.25, -0.2) is 4.79 Å². The van der Waals surface area contributed by atoms with Crippen molar-refractivity contribution in [3.8, 4) is 0 Å². The minimum atomic E-state index is -0.0851. The van der Waals surface area contributed by atoms with Crippen LogP contribution in [0.3, 0.4) is 0 Å². The fraction of sp³-hybridized carbons (Fsp3) is 0.333. The van der Waals surface area contributed by atoms with Crippen molar-refractivity contribution in [2.45, 2.75) is 39.3 Å². The molecule has 3 aromatic heterocycles. The number of carbonyl (C=O) groups excluding carboxylic acids is 1. The number of carbonyl (C=O) groups is 1. The summed E-state index contributed by atoms with van der Waals surface area (Å²) in [4.78, 5) is 25.1. The van der Waals surface area contributed by atoms with Crippen LogP contribution in [0.25, 0.3) is 16.7 Å². The van der Waals surface area contributed by atoms with Gasteiger partial charge in [0.05, 0.1) is 11.0 Å². The lowest BCUT2D eigenvalue weighted by atomic mass is 10.3. The topological polar surface area (TPSA) is 86.2 Å². The SMILES string of the molecule is CCCn1c(=O)n(CCC(=O)NCCc2nnc3ccccn23)c2ccccc21. The molecule has 4 aromatic rings. The van der Waals surface area contributed by atoms with E-state index in [4.69, 9.17) is 0 Å². The first-order chi connectivity index (χ1) is 14.2. The monoisotopic (exact) mass is 392 g/mol. The average molecular weight is 392 g/mol. The molecular weight excluding hydrogens is 368 g/mol. The van der Waals surface area contributed by atoms with Crippen molar-refractivity contribution < 1.29 is 4.79 Å². The van der Waals surface area contributed by atoms with Crippen LogP contribution in [0.4, 0.5) is 0 Å². The predicted molar refractivity (Wildman–Crippen MR) is 111 cm³/mol. The second kappa shape index (κ2) is 8.30. The second-order valence-corrected chi connectivity index (χ2v) is 6.97. The summed E-state index contributed by atoms with van der Waals surface area (Å²) >= 11 is 0. The van der Waals surface area contributed by atoms with Crippen LogP contribution in [-0.4, -0.2) is 36.2 Å². The zero-order valence-electron chi connectivity index (χ0n) is 16.4. The first-order valence-electron chi connectivity index (χ1n) is 9.92. The van der Waals surface area contributed by atoms with Gasteiger partial charge < -0.3 is 5.32 Å². The summed E-state index contributed by atoms with van der Waals surface area (Å²) < 4.78 is 5.38. The van der Waals surface area contributed by atoms with Crippen LogP contribution in [0, 0.1) is 0 Å². The Kier molecular flexibility index (Phi) is 5.41. The van der Waals surface area contributed by atoms with Crippen LogP contribution >= 0.6 is 0 Å². The number of fused-ring (bicyclic) bond motifs is 2. The summed E-state index contributed by atoms with van der Waals surface area (Å²) in [6.45, 7) is 3.55. The summed E-state index contributed by atoms with van der Waals surface area (Å²) in [5, 5.41) is 11.2. The van der Waals surface area contributed by atoms with Crippen molar-refractivity contribution >= 4 is 22.6 Å². The second-order valence-electron chi connectivity index (χ2n) is 6.97. The molecule has 3 heterocycles. The number of aryl methyl sites for hydroxylation is 2. The van der Waals surface area contributed by atoms with Crippen LogP contribution in [-0.2, 0) is 24.3 Å². The summed E-state index contributed by atoms with van der Waals surface area (Å²) in [7, 11) is 0. The molecule has 0 aliphatic rings. The Balaban J connectivity index is 1.37. The van der Waals surface area contributed by atoms with Crippen LogP contribution < -0.4 is 11.0 Å². The molecule has 0 atom stereocenters. The Bertz CT molecular complexity index is 1200. The summed E-state index contributed by atoms with van der Waals surface area (Å²) in [6.07, 6.45) is 3.63. The van der Waals surface area contributed by atoms with Gasteiger partial charge in [0.25, 0.3) is 0 Å². The fourth-order valence-electron chi connectivity index (χ4n) is 3.61. The molecule has 0 spiro atoms. The molecule has 0 radical (unpaired) electrons. The Morgan fingerprint density at radius 2 is 1.72 bits per heavy atom. The first kappa shape index (κ1) is 18.9. The Hall–Kier alpha value is -3.42. The molecule has 0 saturated carbocycles. The predicted octanol–water partition coefficient (Wildman–Crippen LogP) is 2.00. The van der Waals surface area contributed by atoms with Gasteiger partial charge in [-0.1, -0.05) is 25.1 Å². The number of nitrogens with zero attached hydrogens (tertiary/aromatic N) is 5. The Labute approximate surface area is 167 Å². The highest BCUT2D eigenvalue weighted by Gasteiger charge is 2.13. The molecule has 150 valence electrons. The van der Waals surface area contributed by atoms with Crippen molar-refractivity contribution in [1.82, 2.24) is 29.0 Å². The maximum atomic E-state index is 12.8. The van der Waals surface area contributed by atoms with Crippen molar-refractivity contribution in [1.29, 1.82) is 0 Å². The molecule has 8 heteroatoms. The highest BCUT2D eigenvalue weighted by atomic mass is 16.2. The number of para-hydroxylation sites is 2. The van der Waals surface area contributed by atoms with E-state index in [2.05, 4.69) is 15.5 Å². The quantitative estimate of drug-likeness (QED) is 0.497. The van der Waals surface area contributed by atoms with Gasteiger partial charge in [-0.05, 0) is 30.7 Å². The lowest BCUT2D eigenvalue weighted by Crippen LogP contribution is -2.30. The van der Waals surface area contributed by atoms with Crippen LogP contribution in [0.5, 0.6) is 0 Å². The van der Waals surface area contributed by atoms with E-state index in [1.165, 1.54) is 0 Å². The Morgan fingerprint density at radius 3 is 2.48 bits per heavy atom. The summed E-state index contributed by atoms with van der Waals surface area (Å²) in [5.41, 5.74) is 2.51. The van der Waals surface area contributed by atoms with E-state index in [0.29, 0.717) is 26.1 Å². The van der Waals surface area contributed by atoms with Crippen molar-refractivity contribution in [2.75, 3.05) is 6.54 Å². The molecule has 1 aromatic carbocycles. The average Bonchev–Trinajstić information content (AvgIpc) is 3.26. The lowest BCUT2D eigenvalue weighted by Gasteiger charge is -2.06. The third-order valence-corrected chi connectivity index (χ3v) is 4.99. The van der Waals surface area contributed by atoms with E-state index in [9.17, 15) is 9.59 Å². The van der Waals surface area contributed by atoms with Crippen molar-refractivity contribution in [2.24, 2.45) is 0 Å². The largest absolute Gasteiger partial charge is 0.356 e. The molecule has 1 N–H and O–H groups in total. The Morgan fingerprint density at radius 1 is 1.00 bits per heavy atom. The number of amides is 1. The van der Waals surface area contributed by atoms with E-state index in [1.807, 2.05) is 60.0 Å². The zero-order valence-corrected chi connectivity index (χ0v) is 16.4. The van der Waals surface area contributed by atoms with E-state index in [0.717, 1.165) is 28.9 Å².